The van der Waals surface area contributed by atoms with Crippen LogP contribution in [-0.4, -0.2) is 54.4 Å². The van der Waals surface area contributed by atoms with Crippen LogP contribution in [0.2, 0.25) is 0 Å². The van der Waals surface area contributed by atoms with Gasteiger partial charge < -0.3 is 15.4 Å². The Kier molecular flexibility index (Phi) is 7.60. The highest BCUT2D eigenvalue weighted by Gasteiger charge is 2.13. The fourth-order valence-electron chi connectivity index (χ4n) is 1.19. The zero-order valence-corrected chi connectivity index (χ0v) is 11.4. The summed E-state index contributed by atoms with van der Waals surface area (Å²) in [6.45, 7) is 2.43. The van der Waals surface area contributed by atoms with Gasteiger partial charge in [0.05, 0.1) is 6.61 Å². The molecule has 0 radical (unpaired) electrons. The number of rotatable bonds is 5. The van der Waals surface area contributed by atoms with Gasteiger partial charge in [-0.05, 0) is 12.2 Å². The van der Waals surface area contributed by atoms with Gasteiger partial charge in [-0.2, -0.15) is 23.5 Å². The lowest BCUT2D eigenvalue weighted by Crippen LogP contribution is -2.41. The molecule has 0 aromatic carbocycles. The second-order valence-corrected chi connectivity index (χ2v) is 6.16. The van der Waals surface area contributed by atoms with E-state index in [1.165, 1.54) is 17.3 Å². The maximum Gasteiger partial charge on any atom is 0.166 e. The highest BCUT2D eigenvalue weighted by Crippen LogP contribution is 2.23. The molecule has 0 saturated carbocycles. The zero-order valence-electron chi connectivity index (χ0n) is 8.95. The first-order valence-electron chi connectivity index (χ1n) is 5.03. The summed E-state index contributed by atoms with van der Waals surface area (Å²) < 4.78 is 4.93. The predicted molar refractivity (Wildman–Crippen MR) is 74.1 cm³/mol. The lowest BCUT2D eigenvalue weighted by Gasteiger charge is -2.22. The second-order valence-electron chi connectivity index (χ2n) is 3.20. The fourth-order valence-corrected chi connectivity index (χ4v) is 3.99. The quantitative estimate of drug-likeness (QED) is 0.569. The van der Waals surface area contributed by atoms with Crippen molar-refractivity contribution in [2.75, 3.05) is 44.1 Å². The normalized spacial score (nSPS) is 21.0. The van der Waals surface area contributed by atoms with Crippen molar-refractivity contribution in [1.82, 2.24) is 10.6 Å². The van der Waals surface area contributed by atoms with Crippen LogP contribution in [0.25, 0.3) is 0 Å². The topological polar surface area (TPSA) is 33.3 Å². The van der Waals surface area contributed by atoms with Gasteiger partial charge in [0.25, 0.3) is 0 Å². The maximum absolute atomic E-state index is 5.14. The number of methoxy groups -OCH3 is 1. The number of thioether (sulfide) groups is 2. The first-order valence-corrected chi connectivity index (χ1v) is 7.64. The number of hydrogen-bond donors (Lipinski definition) is 2. The van der Waals surface area contributed by atoms with E-state index >= 15 is 0 Å². The molecule has 0 bridgehead atoms. The van der Waals surface area contributed by atoms with E-state index in [4.69, 9.17) is 17.0 Å². The van der Waals surface area contributed by atoms with Crippen molar-refractivity contribution in [2.45, 2.75) is 5.25 Å². The molecule has 0 spiro atoms. The van der Waals surface area contributed by atoms with Gasteiger partial charge in [-0.25, -0.2) is 0 Å². The molecule has 0 aliphatic carbocycles. The summed E-state index contributed by atoms with van der Waals surface area (Å²) in [6, 6.07) is 0. The first kappa shape index (κ1) is 13.4. The van der Waals surface area contributed by atoms with Crippen LogP contribution in [0.3, 0.4) is 0 Å². The average molecular weight is 266 g/mol. The summed E-state index contributed by atoms with van der Waals surface area (Å²) in [7, 11) is 1.69. The molecule has 1 fully saturated rings. The van der Waals surface area contributed by atoms with Crippen molar-refractivity contribution in [2.24, 2.45) is 0 Å². The molecule has 1 rings (SSSR count). The monoisotopic (exact) mass is 266 g/mol. The molecular formula is C9H18N2OS3. The second kappa shape index (κ2) is 8.50. The summed E-state index contributed by atoms with van der Waals surface area (Å²) in [5.74, 6) is 3.79. The number of nitrogens with one attached hydrogen (secondary N) is 2. The van der Waals surface area contributed by atoms with Gasteiger partial charge in [-0.15, -0.1) is 0 Å². The molecule has 1 aliphatic rings. The van der Waals surface area contributed by atoms with Crippen LogP contribution in [0.1, 0.15) is 0 Å². The van der Waals surface area contributed by atoms with Crippen molar-refractivity contribution in [3.8, 4) is 0 Å². The number of ether oxygens (including phenoxy) is 1. The molecule has 88 valence electrons. The Hall–Kier alpha value is 0.350. The summed E-state index contributed by atoms with van der Waals surface area (Å²) in [5.41, 5.74) is 0. The third kappa shape index (κ3) is 6.50. The van der Waals surface area contributed by atoms with Crippen molar-refractivity contribution in [3.05, 3.63) is 0 Å². The van der Waals surface area contributed by atoms with Crippen LogP contribution >= 0.6 is 35.7 Å². The van der Waals surface area contributed by atoms with Crippen molar-refractivity contribution in [1.29, 1.82) is 0 Å². The van der Waals surface area contributed by atoms with Gasteiger partial charge in [0.1, 0.15) is 0 Å². The van der Waals surface area contributed by atoms with E-state index < -0.39 is 0 Å². The summed E-state index contributed by atoms with van der Waals surface area (Å²) in [6.07, 6.45) is 0. The van der Waals surface area contributed by atoms with Gasteiger partial charge in [-0.3, -0.25) is 0 Å². The lowest BCUT2D eigenvalue weighted by atomic mass is 10.5. The zero-order chi connectivity index (χ0) is 10.9. The molecule has 2 N–H and O–H groups in total. The Morgan fingerprint density at radius 1 is 1.47 bits per heavy atom. The molecule has 1 aliphatic heterocycles. The largest absolute Gasteiger partial charge is 0.383 e. The van der Waals surface area contributed by atoms with Crippen molar-refractivity contribution in [3.63, 3.8) is 0 Å². The third-order valence-corrected chi connectivity index (χ3v) is 5.10. The minimum absolute atomic E-state index is 0.690. The highest BCUT2D eigenvalue weighted by molar-refractivity contribution is 8.06. The minimum Gasteiger partial charge on any atom is -0.383 e. The molecule has 0 amide bonds. The Morgan fingerprint density at radius 2 is 2.33 bits per heavy atom. The molecule has 6 heteroatoms. The van der Waals surface area contributed by atoms with Crippen LogP contribution in [0.15, 0.2) is 0 Å². The Balaban J connectivity index is 2.00. The Labute approximate surface area is 105 Å². The average Bonchev–Trinajstić information content (AvgIpc) is 2.28. The van der Waals surface area contributed by atoms with Crippen LogP contribution in [0, 0.1) is 0 Å². The van der Waals surface area contributed by atoms with Gasteiger partial charge in [0.15, 0.2) is 5.11 Å². The van der Waals surface area contributed by atoms with Gasteiger partial charge in [-0.1, -0.05) is 0 Å². The fraction of sp³-hybridized carbons (Fsp3) is 0.889. The Morgan fingerprint density at radius 3 is 3.00 bits per heavy atom. The van der Waals surface area contributed by atoms with Crippen LogP contribution < -0.4 is 10.6 Å². The van der Waals surface area contributed by atoms with Crippen LogP contribution in [-0.2, 0) is 4.74 Å². The van der Waals surface area contributed by atoms with E-state index in [-0.39, 0.29) is 0 Å². The number of thiocarbonyl (C=S) groups is 1. The standard InChI is InChI=1S/C9H18N2OS3/c1-12-3-2-10-9(13)11-6-8-7-14-4-5-15-8/h8H,2-7H2,1H3,(H2,10,11,13). The highest BCUT2D eigenvalue weighted by atomic mass is 32.2. The summed E-state index contributed by atoms with van der Waals surface area (Å²) in [4.78, 5) is 0. The van der Waals surface area contributed by atoms with E-state index in [0.29, 0.717) is 11.9 Å². The maximum atomic E-state index is 5.14. The first-order chi connectivity index (χ1) is 7.33. The molecule has 0 aromatic heterocycles. The third-order valence-electron chi connectivity index (χ3n) is 1.97. The van der Waals surface area contributed by atoms with E-state index in [1.807, 2.05) is 23.5 Å². The van der Waals surface area contributed by atoms with Crippen molar-refractivity contribution >= 4 is 40.9 Å². The smallest absolute Gasteiger partial charge is 0.166 e. The molecule has 1 atom stereocenters. The van der Waals surface area contributed by atoms with Gasteiger partial charge >= 0.3 is 0 Å². The molecule has 15 heavy (non-hydrogen) atoms. The van der Waals surface area contributed by atoms with E-state index in [9.17, 15) is 0 Å². The molecule has 1 heterocycles. The van der Waals surface area contributed by atoms with E-state index in [0.717, 1.165) is 18.2 Å². The van der Waals surface area contributed by atoms with Crippen LogP contribution in [0.5, 0.6) is 0 Å². The summed E-state index contributed by atoms with van der Waals surface area (Å²) >= 11 is 9.21. The molecule has 3 nitrogen and oxygen atoms in total. The van der Waals surface area contributed by atoms with E-state index in [1.54, 1.807) is 7.11 Å². The predicted octanol–water partition coefficient (Wildman–Crippen LogP) is 0.946. The molecular weight excluding hydrogens is 248 g/mol. The minimum atomic E-state index is 0.690. The number of hydrogen-bond acceptors (Lipinski definition) is 4. The SMILES string of the molecule is COCCNC(=S)NCC1CSCCS1. The lowest BCUT2D eigenvalue weighted by molar-refractivity contribution is 0.204. The van der Waals surface area contributed by atoms with Gasteiger partial charge in [0, 0.05) is 42.7 Å². The van der Waals surface area contributed by atoms with E-state index in [2.05, 4.69) is 10.6 Å². The Bertz CT molecular complexity index is 186. The van der Waals surface area contributed by atoms with Gasteiger partial charge in [0.2, 0.25) is 0 Å². The molecule has 1 unspecified atom stereocenters. The van der Waals surface area contributed by atoms with Crippen molar-refractivity contribution < 1.29 is 4.74 Å². The van der Waals surface area contributed by atoms with Crippen LogP contribution in [0.4, 0.5) is 0 Å². The summed E-state index contributed by atoms with van der Waals surface area (Å²) in [5, 5.41) is 7.78. The molecule has 0 aromatic rings. The molecule has 1 saturated heterocycles.